The summed E-state index contributed by atoms with van der Waals surface area (Å²) in [6.45, 7) is 2.99. The standard InChI is InChI=1S/C23H25ClFN5O3S2/c24-21-5-3-17(34-21)7-13-35(32,33)27-19-6-11-30(23(19)31)20-4-2-16(14-18(20)25)29-12-8-26-22(29)15-28-9-1-10-28/h2-5,8,12,14,19,27H,1,6-7,9-11,13,15H2. The predicted molar refractivity (Wildman–Crippen MR) is 134 cm³/mol. The number of rotatable bonds is 9. The van der Waals surface area contributed by atoms with Crippen LogP contribution in [0.3, 0.4) is 0 Å². The molecule has 2 aromatic heterocycles. The van der Waals surface area contributed by atoms with E-state index in [4.69, 9.17) is 11.6 Å². The van der Waals surface area contributed by atoms with Crippen molar-refractivity contribution >= 4 is 44.6 Å². The van der Waals surface area contributed by atoms with Crippen LogP contribution in [0.1, 0.15) is 23.5 Å². The Hall–Kier alpha value is -2.31. The molecule has 0 aliphatic carbocycles. The van der Waals surface area contributed by atoms with E-state index in [1.165, 1.54) is 28.7 Å². The summed E-state index contributed by atoms with van der Waals surface area (Å²) in [6.07, 6.45) is 5.23. The van der Waals surface area contributed by atoms with Crippen LogP contribution in [0.15, 0.2) is 42.7 Å². The van der Waals surface area contributed by atoms with E-state index in [1.54, 1.807) is 36.7 Å². The number of nitrogens with one attached hydrogen (secondary N) is 1. The second kappa shape index (κ2) is 9.98. The number of anilines is 1. The van der Waals surface area contributed by atoms with Gasteiger partial charge in [-0.2, -0.15) is 0 Å². The number of thiophene rings is 1. The molecule has 8 nitrogen and oxygen atoms in total. The number of sulfonamides is 1. The second-order valence-electron chi connectivity index (χ2n) is 8.70. The zero-order valence-corrected chi connectivity index (χ0v) is 21.3. The van der Waals surface area contributed by atoms with E-state index in [2.05, 4.69) is 14.6 Å². The van der Waals surface area contributed by atoms with Crippen LogP contribution < -0.4 is 9.62 Å². The van der Waals surface area contributed by atoms with Gasteiger partial charge in [0.25, 0.3) is 0 Å². The Morgan fingerprint density at radius 2 is 2.03 bits per heavy atom. The summed E-state index contributed by atoms with van der Waals surface area (Å²) in [4.78, 5) is 21.8. The summed E-state index contributed by atoms with van der Waals surface area (Å²) >= 11 is 7.22. The van der Waals surface area contributed by atoms with Crippen molar-refractivity contribution in [1.82, 2.24) is 19.2 Å². The van der Waals surface area contributed by atoms with Crippen molar-refractivity contribution in [2.45, 2.75) is 31.8 Å². The Kier molecular flexibility index (Phi) is 6.95. The van der Waals surface area contributed by atoms with Crippen molar-refractivity contribution in [3.8, 4) is 5.69 Å². The monoisotopic (exact) mass is 537 g/mol. The number of hydrogen-bond acceptors (Lipinski definition) is 6. The zero-order valence-electron chi connectivity index (χ0n) is 18.9. The van der Waals surface area contributed by atoms with Gasteiger partial charge in [0, 0.05) is 35.6 Å². The maximum Gasteiger partial charge on any atom is 0.245 e. The fraction of sp³-hybridized carbons (Fsp3) is 0.391. The first-order chi connectivity index (χ1) is 16.8. The van der Waals surface area contributed by atoms with Gasteiger partial charge in [0.2, 0.25) is 15.9 Å². The number of imidazole rings is 1. The quantitative estimate of drug-likeness (QED) is 0.453. The molecule has 1 atom stereocenters. The third-order valence-corrected chi connectivity index (χ3v) is 8.98. The molecule has 0 radical (unpaired) electrons. The van der Waals surface area contributed by atoms with Crippen LogP contribution in [0.2, 0.25) is 4.34 Å². The predicted octanol–water partition coefficient (Wildman–Crippen LogP) is 3.20. The van der Waals surface area contributed by atoms with Crippen LogP contribution in [0.25, 0.3) is 5.69 Å². The molecule has 2 aliphatic heterocycles. The van der Waals surface area contributed by atoms with Gasteiger partial charge in [-0.1, -0.05) is 11.6 Å². The number of nitrogens with zero attached hydrogens (tertiary/aromatic N) is 4. The smallest absolute Gasteiger partial charge is 0.245 e. The highest BCUT2D eigenvalue weighted by molar-refractivity contribution is 7.89. The van der Waals surface area contributed by atoms with Crippen LogP contribution in [0.4, 0.5) is 10.1 Å². The van der Waals surface area contributed by atoms with E-state index in [1.807, 2.05) is 4.57 Å². The molecule has 1 amide bonds. The minimum absolute atomic E-state index is 0.137. The molecule has 3 aromatic rings. The molecule has 0 bridgehead atoms. The van der Waals surface area contributed by atoms with Gasteiger partial charge in [-0.05, 0) is 56.6 Å². The van der Waals surface area contributed by atoms with Crippen molar-refractivity contribution < 1.29 is 17.6 Å². The molecule has 1 N–H and O–H groups in total. The normalized spacial score (nSPS) is 18.9. The SMILES string of the molecule is O=C1C(NS(=O)(=O)CCc2ccc(Cl)s2)CCN1c1ccc(-n2ccnc2CN2CCC2)cc1F. The molecule has 4 heterocycles. The summed E-state index contributed by atoms with van der Waals surface area (Å²) in [7, 11) is -3.69. The van der Waals surface area contributed by atoms with Crippen molar-refractivity contribution in [3.05, 3.63) is 63.6 Å². The van der Waals surface area contributed by atoms with Crippen LogP contribution >= 0.6 is 22.9 Å². The zero-order chi connectivity index (χ0) is 24.6. The van der Waals surface area contributed by atoms with Gasteiger partial charge in [0.05, 0.1) is 22.3 Å². The van der Waals surface area contributed by atoms with Gasteiger partial charge in [-0.15, -0.1) is 11.3 Å². The fourth-order valence-electron chi connectivity index (χ4n) is 4.32. The van der Waals surface area contributed by atoms with E-state index in [0.717, 1.165) is 23.8 Å². The highest BCUT2D eigenvalue weighted by Crippen LogP contribution is 2.28. The second-order valence-corrected chi connectivity index (χ2v) is 12.4. The van der Waals surface area contributed by atoms with Crippen molar-refractivity contribution in [1.29, 1.82) is 0 Å². The topological polar surface area (TPSA) is 87.5 Å². The number of amides is 1. The fourth-order valence-corrected chi connectivity index (χ4v) is 6.79. The van der Waals surface area contributed by atoms with Crippen molar-refractivity contribution in [3.63, 3.8) is 0 Å². The van der Waals surface area contributed by atoms with Gasteiger partial charge in [0.1, 0.15) is 17.7 Å². The number of benzene rings is 1. The Morgan fingerprint density at radius 3 is 2.71 bits per heavy atom. The molecule has 0 saturated carbocycles. The van der Waals surface area contributed by atoms with Gasteiger partial charge >= 0.3 is 0 Å². The molecule has 2 fully saturated rings. The highest BCUT2D eigenvalue weighted by Gasteiger charge is 2.36. The largest absolute Gasteiger partial charge is 0.308 e. The lowest BCUT2D eigenvalue weighted by Gasteiger charge is -2.30. The number of carbonyl (C=O) groups excluding carboxylic acids is 1. The molecular weight excluding hydrogens is 513 g/mol. The molecule has 1 unspecified atom stereocenters. The van der Waals surface area contributed by atoms with Crippen LogP contribution in [0, 0.1) is 5.82 Å². The Bertz CT molecular complexity index is 1340. The summed E-state index contributed by atoms with van der Waals surface area (Å²) in [5.41, 5.74) is 0.759. The number of hydrogen-bond donors (Lipinski definition) is 1. The van der Waals surface area contributed by atoms with Crippen molar-refractivity contribution in [2.75, 3.05) is 30.3 Å². The van der Waals surface area contributed by atoms with Crippen LogP contribution in [-0.4, -0.2) is 60.2 Å². The van der Waals surface area contributed by atoms with Gasteiger partial charge < -0.3 is 9.47 Å². The lowest BCUT2D eigenvalue weighted by molar-refractivity contribution is -0.118. The molecular formula is C23H25ClFN5O3S2. The van der Waals surface area contributed by atoms with Gasteiger partial charge in [0.15, 0.2) is 0 Å². The summed E-state index contributed by atoms with van der Waals surface area (Å²) in [6, 6.07) is 7.29. The average Bonchev–Trinajstić information content (AvgIpc) is 3.51. The molecule has 12 heteroatoms. The molecule has 2 saturated heterocycles. The van der Waals surface area contributed by atoms with Crippen LogP contribution in [0.5, 0.6) is 0 Å². The minimum atomic E-state index is -3.69. The van der Waals surface area contributed by atoms with E-state index in [9.17, 15) is 13.2 Å². The van der Waals surface area contributed by atoms with Gasteiger partial charge in [-0.3, -0.25) is 9.69 Å². The summed E-state index contributed by atoms with van der Waals surface area (Å²) < 4.78 is 45.1. The number of likely N-dealkylation sites (tertiary alicyclic amines) is 1. The first kappa shape index (κ1) is 24.4. The number of aromatic nitrogens is 2. The first-order valence-corrected chi connectivity index (χ1v) is 14.2. The minimum Gasteiger partial charge on any atom is -0.308 e. The number of halogens is 2. The molecule has 5 rings (SSSR count). The molecule has 0 spiro atoms. The molecule has 35 heavy (non-hydrogen) atoms. The number of aryl methyl sites for hydroxylation is 1. The number of carbonyl (C=O) groups is 1. The average molecular weight is 538 g/mol. The van der Waals surface area contributed by atoms with Gasteiger partial charge in [-0.25, -0.2) is 22.5 Å². The third kappa shape index (κ3) is 5.44. The third-order valence-electron chi connectivity index (χ3n) is 6.30. The molecule has 2 aliphatic rings. The van der Waals surface area contributed by atoms with E-state index < -0.39 is 27.8 Å². The Morgan fingerprint density at radius 1 is 1.20 bits per heavy atom. The Balaban J connectivity index is 1.24. The summed E-state index contributed by atoms with van der Waals surface area (Å²) in [5, 5.41) is 0. The lowest BCUT2D eigenvalue weighted by atomic mass is 10.2. The van der Waals surface area contributed by atoms with Crippen LogP contribution in [-0.2, 0) is 27.8 Å². The highest BCUT2D eigenvalue weighted by atomic mass is 35.5. The first-order valence-electron chi connectivity index (χ1n) is 11.4. The van der Waals surface area contributed by atoms with E-state index >= 15 is 4.39 Å². The lowest BCUT2D eigenvalue weighted by Crippen LogP contribution is -2.42. The Labute approximate surface area is 212 Å². The summed E-state index contributed by atoms with van der Waals surface area (Å²) in [5.74, 6) is -0.326. The molecule has 186 valence electrons. The van der Waals surface area contributed by atoms with E-state index in [0.29, 0.717) is 23.0 Å². The van der Waals surface area contributed by atoms with E-state index in [-0.39, 0.29) is 24.4 Å². The maximum absolute atomic E-state index is 15.1. The maximum atomic E-state index is 15.1. The molecule has 1 aromatic carbocycles. The van der Waals surface area contributed by atoms with Crippen molar-refractivity contribution in [2.24, 2.45) is 0 Å².